The number of nitrogens with zero attached hydrogens (tertiary/aromatic N) is 2. The average Bonchev–Trinajstić information content (AvgIpc) is 2.60. The lowest BCUT2D eigenvalue weighted by molar-refractivity contribution is 0.0935. The molecule has 0 atom stereocenters. The van der Waals surface area contributed by atoms with Gasteiger partial charge in [-0.05, 0) is 43.2 Å². The predicted molar refractivity (Wildman–Crippen MR) is 96.9 cm³/mol. The number of hydrogen-bond donors (Lipinski definition) is 2. The number of nitrogens with two attached hydrogens (primary N) is 1. The molecule has 0 unspecified atom stereocenters. The van der Waals surface area contributed by atoms with Crippen LogP contribution in [-0.4, -0.2) is 27.8 Å². The lowest BCUT2D eigenvalue weighted by Crippen LogP contribution is -2.49. The average molecular weight is 369 g/mol. The van der Waals surface area contributed by atoms with Gasteiger partial charge in [-0.15, -0.1) is 12.4 Å². The van der Waals surface area contributed by atoms with Crippen molar-refractivity contribution in [1.82, 2.24) is 15.1 Å². The summed E-state index contributed by atoms with van der Waals surface area (Å²) in [6.07, 6.45) is 1.46. The van der Waals surface area contributed by atoms with Gasteiger partial charge in [0.05, 0.1) is 5.69 Å². The lowest BCUT2D eigenvalue weighted by atomic mass is 9.94. The van der Waals surface area contributed by atoms with E-state index >= 15 is 0 Å². The molecule has 0 saturated carbocycles. The fraction of sp³-hybridized carbons (Fsp3) is 0.353. The molecule has 3 N–H and O–H groups in total. The van der Waals surface area contributed by atoms with Crippen LogP contribution in [0.2, 0.25) is 0 Å². The third-order valence-corrected chi connectivity index (χ3v) is 4.11. The molecular weight excluding hydrogens is 347 g/mol. The summed E-state index contributed by atoms with van der Waals surface area (Å²) in [4.78, 5) is 24.2. The number of rotatable bonds is 6. The number of hydrogen-bond acceptors (Lipinski definition) is 4. The Hall–Kier alpha value is -2.25. The molecule has 0 fully saturated rings. The summed E-state index contributed by atoms with van der Waals surface area (Å²) in [7, 11) is 0. The van der Waals surface area contributed by atoms with Gasteiger partial charge < -0.3 is 11.1 Å². The van der Waals surface area contributed by atoms with E-state index in [0.717, 1.165) is 17.5 Å². The third kappa shape index (κ3) is 5.11. The zero-order valence-corrected chi connectivity index (χ0v) is 15.0. The molecular formula is C17H22ClFN4O2. The second kappa shape index (κ2) is 8.73. The van der Waals surface area contributed by atoms with E-state index in [2.05, 4.69) is 10.4 Å². The molecule has 0 aliphatic carbocycles. The number of aromatic nitrogens is 2. The first-order valence-electron chi connectivity index (χ1n) is 7.82. The minimum Gasteiger partial charge on any atom is -0.349 e. The molecule has 6 nitrogen and oxygen atoms in total. The van der Waals surface area contributed by atoms with Gasteiger partial charge in [-0.3, -0.25) is 9.59 Å². The Morgan fingerprint density at radius 1 is 1.20 bits per heavy atom. The van der Waals surface area contributed by atoms with Crippen LogP contribution in [0, 0.1) is 5.82 Å². The number of halogens is 2. The van der Waals surface area contributed by atoms with Crippen molar-refractivity contribution in [3.63, 3.8) is 0 Å². The minimum atomic E-state index is -0.471. The fourth-order valence-electron chi connectivity index (χ4n) is 2.15. The summed E-state index contributed by atoms with van der Waals surface area (Å²) in [6.45, 7) is 4.24. The van der Waals surface area contributed by atoms with Crippen molar-refractivity contribution in [3.8, 4) is 5.69 Å². The molecule has 0 spiro atoms. The molecule has 2 rings (SSSR count). The van der Waals surface area contributed by atoms with E-state index in [1.165, 1.54) is 36.4 Å². The number of amides is 1. The van der Waals surface area contributed by atoms with Crippen LogP contribution in [0.15, 0.2) is 41.2 Å². The zero-order valence-electron chi connectivity index (χ0n) is 14.2. The van der Waals surface area contributed by atoms with Gasteiger partial charge in [-0.2, -0.15) is 9.78 Å². The Balaban J connectivity index is 0.00000312. The minimum absolute atomic E-state index is 0. The smallest absolute Gasteiger partial charge is 0.271 e. The van der Waals surface area contributed by atoms with Gasteiger partial charge in [-0.1, -0.05) is 13.8 Å². The summed E-state index contributed by atoms with van der Waals surface area (Å²) in [6, 6.07) is 7.90. The molecule has 0 bridgehead atoms. The predicted octanol–water partition coefficient (Wildman–Crippen LogP) is 2.04. The van der Waals surface area contributed by atoms with E-state index in [1.807, 2.05) is 13.8 Å². The molecule has 1 amide bonds. The van der Waals surface area contributed by atoms with E-state index in [4.69, 9.17) is 5.73 Å². The molecule has 8 heteroatoms. The van der Waals surface area contributed by atoms with Gasteiger partial charge in [0.2, 0.25) is 0 Å². The Morgan fingerprint density at radius 3 is 2.36 bits per heavy atom. The summed E-state index contributed by atoms with van der Waals surface area (Å²) >= 11 is 0. The van der Waals surface area contributed by atoms with Crippen molar-refractivity contribution in [3.05, 3.63) is 58.3 Å². The Bertz CT molecular complexity index is 773. The van der Waals surface area contributed by atoms with Crippen LogP contribution < -0.4 is 16.6 Å². The summed E-state index contributed by atoms with van der Waals surface area (Å²) in [5.41, 5.74) is 5.75. The van der Waals surface area contributed by atoms with Gasteiger partial charge in [0.1, 0.15) is 11.5 Å². The highest BCUT2D eigenvalue weighted by molar-refractivity contribution is 5.92. The topological polar surface area (TPSA) is 90.0 Å². The van der Waals surface area contributed by atoms with Gasteiger partial charge in [0.25, 0.3) is 11.5 Å². The van der Waals surface area contributed by atoms with Crippen molar-refractivity contribution in [2.24, 2.45) is 5.73 Å². The Labute approximate surface area is 151 Å². The fourth-order valence-corrected chi connectivity index (χ4v) is 2.15. The lowest BCUT2D eigenvalue weighted by Gasteiger charge is -2.26. The highest BCUT2D eigenvalue weighted by Crippen LogP contribution is 2.10. The molecule has 25 heavy (non-hydrogen) atoms. The van der Waals surface area contributed by atoms with Crippen molar-refractivity contribution in [1.29, 1.82) is 0 Å². The van der Waals surface area contributed by atoms with E-state index in [1.54, 1.807) is 0 Å². The first-order valence-corrected chi connectivity index (χ1v) is 7.82. The SMILES string of the molecule is CCC(N)(CC)CNC(=O)c1ccc(=O)n(-c2ccc(F)cc2)n1.Cl. The maximum absolute atomic E-state index is 13.0. The van der Waals surface area contributed by atoms with Gasteiger partial charge in [0.15, 0.2) is 0 Å². The Morgan fingerprint density at radius 2 is 1.80 bits per heavy atom. The van der Waals surface area contributed by atoms with Crippen molar-refractivity contribution >= 4 is 18.3 Å². The third-order valence-electron chi connectivity index (χ3n) is 4.11. The standard InChI is InChI=1S/C17H21FN4O2.ClH/c1-3-17(19,4-2)11-20-16(24)14-9-10-15(23)22(21-14)13-7-5-12(18)6-8-13;/h5-10H,3-4,11,19H2,1-2H3,(H,20,24);1H. The van der Waals surface area contributed by atoms with Gasteiger partial charge >= 0.3 is 0 Å². The number of nitrogens with one attached hydrogen (secondary N) is 1. The monoisotopic (exact) mass is 368 g/mol. The second-order valence-corrected chi connectivity index (χ2v) is 5.70. The van der Waals surface area contributed by atoms with Crippen molar-refractivity contribution in [2.45, 2.75) is 32.2 Å². The number of benzene rings is 1. The maximum Gasteiger partial charge on any atom is 0.271 e. The van der Waals surface area contributed by atoms with Crippen LogP contribution in [0.25, 0.3) is 5.69 Å². The molecule has 1 heterocycles. The summed E-state index contributed by atoms with van der Waals surface area (Å²) < 4.78 is 14.1. The van der Waals surface area contributed by atoms with Crippen LogP contribution in [0.1, 0.15) is 37.2 Å². The molecule has 0 saturated heterocycles. The number of carbonyl (C=O) groups is 1. The molecule has 0 radical (unpaired) electrons. The van der Waals surface area contributed by atoms with Crippen LogP contribution in [-0.2, 0) is 0 Å². The van der Waals surface area contributed by atoms with Crippen molar-refractivity contribution in [2.75, 3.05) is 6.54 Å². The molecule has 2 aromatic rings. The van der Waals surface area contributed by atoms with Gasteiger partial charge in [0, 0.05) is 18.2 Å². The highest BCUT2D eigenvalue weighted by Gasteiger charge is 2.21. The van der Waals surface area contributed by atoms with E-state index in [-0.39, 0.29) is 18.1 Å². The molecule has 0 aliphatic heterocycles. The highest BCUT2D eigenvalue weighted by atomic mass is 35.5. The molecule has 0 aliphatic rings. The van der Waals surface area contributed by atoms with Gasteiger partial charge in [-0.25, -0.2) is 4.39 Å². The number of carbonyl (C=O) groups excluding carboxylic acids is 1. The van der Waals surface area contributed by atoms with E-state index in [9.17, 15) is 14.0 Å². The van der Waals surface area contributed by atoms with Crippen LogP contribution in [0.5, 0.6) is 0 Å². The molecule has 1 aromatic heterocycles. The summed E-state index contributed by atoms with van der Waals surface area (Å²) in [5, 5.41) is 6.80. The second-order valence-electron chi connectivity index (χ2n) is 5.70. The summed E-state index contributed by atoms with van der Waals surface area (Å²) in [5.74, 6) is -0.832. The molecule has 136 valence electrons. The largest absolute Gasteiger partial charge is 0.349 e. The normalized spacial score (nSPS) is 10.9. The van der Waals surface area contributed by atoms with E-state index < -0.39 is 22.8 Å². The quantitative estimate of drug-likeness (QED) is 0.816. The first-order chi connectivity index (χ1) is 11.4. The molecule has 1 aromatic carbocycles. The zero-order chi connectivity index (χ0) is 17.7. The van der Waals surface area contributed by atoms with Crippen LogP contribution in [0.4, 0.5) is 4.39 Å². The first kappa shape index (κ1) is 20.8. The maximum atomic E-state index is 13.0. The van der Waals surface area contributed by atoms with Crippen LogP contribution >= 0.6 is 12.4 Å². The van der Waals surface area contributed by atoms with Crippen LogP contribution in [0.3, 0.4) is 0 Å². The Kier molecular flexibility index (Phi) is 7.26. The van der Waals surface area contributed by atoms with E-state index in [0.29, 0.717) is 12.2 Å². The van der Waals surface area contributed by atoms with Crippen molar-refractivity contribution < 1.29 is 9.18 Å².